The number of halogens is 2. The van der Waals surface area contributed by atoms with E-state index in [2.05, 4.69) is 9.97 Å². The molecular weight excluding hydrogens is 378 g/mol. The second kappa shape index (κ2) is 9.34. The van der Waals surface area contributed by atoms with Crippen LogP contribution in [-0.4, -0.2) is 37.1 Å². The lowest BCUT2D eigenvalue weighted by atomic mass is 10.0. The maximum atomic E-state index is 14.2. The highest BCUT2D eigenvalue weighted by atomic mass is 19.1. The molecule has 1 aromatic heterocycles. The van der Waals surface area contributed by atoms with Crippen molar-refractivity contribution >= 4 is 6.29 Å². The predicted molar refractivity (Wildman–Crippen MR) is 105 cm³/mol. The number of ether oxygens (including phenoxy) is 2. The molecule has 3 rings (SSSR count). The van der Waals surface area contributed by atoms with E-state index in [0.717, 1.165) is 18.4 Å². The van der Waals surface area contributed by atoms with Gasteiger partial charge in [-0.2, -0.15) is 0 Å². The van der Waals surface area contributed by atoms with E-state index in [9.17, 15) is 13.6 Å². The van der Waals surface area contributed by atoms with E-state index in [1.54, 1.807) is 37.6 Å². The van der Waals surface area contributed by atoms with Gasteiger partial charge in [0.15, 0.2) is 17.4 Å². The van der Waals surface area contributed by atoms with Gasteiger partial charge in [-0.15, -0.1) is 0 Å². The number of aryl methyl sites for hydroxylation is 1. The van der Waals surface area contributed by atoms with Gasteiger partial charge >= 0.3 is 0 Å². The second-order valence-corrected chi connectivity index (χ2v) is 6.37. The molecule has 0 radical (unpaired) electrons. The van der Waals surface area contributed by atoms with Gasteiger partial charge in [0.1, 0.15) is 6.29 Å². The number of nitrogens with zero attached hydrogens (tertiary/aromatic N) is 2. The molecule has 0 amide bonds. The zero-order valence-corrected chi connectivity index (χ0v) is 16.1. The fourth-order valence-corrected chi connectivity index (χ4v) is 2.97. The highest BCUT2D eigenvalue weighted by molar-refractivity contribution is 5.81. The normalized spacial score (nSPS) is 10.8. The summed E-state index contributed by atoms with van der Waals surface area (Å²) in [5.74, 6) is -2.10. The lowest BCUT2D eigenvalue weighted by molar-refractivity contribution is 0.112. The summed E-state index contributed by atoms with van der Waals surface area (Å²) in [6.07, 6.45) is 3.74. The standard InChI is InChI=1S/C22H20F2N2O3/c1-28-9-3-4-17-12-25-20(16-10-18(23)22(29-2)19(24)11-16)21(26-17)15-7-5-14(13-27)6-8-15/h5-8,10-13H,3-4,9H2,1-2H3. The topological polar surface area (TPSA) is 61.3 Å². The maximum Gasteiger partial charge on any atom is 0.190 e. The fraction of sp³-hybridized carbons (Fsp3) is 0.227. The summed E-state index contributed by atoms with van der Waals surface area (Å²) in [4.78, 5) is 20.0. The van der Waals surface area contributed by atoms with Crippen LogP contribution in [0.25, 0.3) is 22.5 Å². The monoisotopic (exact) mass is 398 g/mol. The largest absolute Gasteiger partial charge is 0.491 e. The summed E-state index contributed by atoms with van der Waals surface area (Å²) in [5, 5.41) is 0. The van der Waals surface area contributed by atoms with E-state index in [1.807, 2.05) is 0 Å². The lowest BCUT2D eigenvalue weighted by Gasteiger charge is -2.12. The van der Waals surface area contributed by atoms with Gasteiger partial charge in [-0.1, -0.05) is 24.3 Å². The molecule has 0 aliphatic carbocycles. The van der Waals surface area contributed by atoms with Crippen LogP contribution < -0.4 is 4.74 Å². The van der Waals surface area contributed by atoms with Crippen LogP contribution in [0.3, 0.4) is 0 Å². The Morgan fingerprint density at radius 1 is 1.00 bits per heavy atom. The summed E-state index contributed by atoms with van der Waals surface area (Å²) < 4.78 is 38.3. The van der Waals surface area contributed by atoms with Crippen molar-refractivity contribution < 1.29 is 23.0 Å². The average Bonchev–Trinajstić information content (AvgIpc) is 2.73. The Bertz CT molecular complexity index is 984. The molecule has 0 aliphatic heterocycles. The van der Waals surface area contributed by atoms with E-state index in [1.165, 1.54) is 19.2 Å². The number of hydrogen-bond donors (Lipinski definition) is 0. The minimum absolute atomic E-state index is 0.242. The molecule has 29 heavy (non-hydrogen) atoms. The molecule has 0 saturated heterocycles. The Hall–Kier alpha value is -3.19. The summed E-state index contributed by atoms with van der Waals surface area (Å²) >= 11 is 0. The van der Waals surface area contributed by atoms with E-state index in [-0.39, 0.29) is 5.56 Å². The fourth-order valence-electron chi connectivity index (χ4n) is 2.97. The molecule has 0 atom stereocenters. The van der Waals surface area contributed by atoms with Crippen LogP contribution in [0.1, 0.15) is 22.5 Å². The van der Waals surface area contributed by atoms with E-state index < -0.39 is 17.4 Å². The molecule has 0 fully saturated rings. The minimum atomic E-state index is -0.823. The lowest BCUT2D eigenvalue weighted by Crippen LogP contribution is -2.02. The molecule has 3 aromatic rings. The van der Waals surface area contributed by atoms with Crippen molar-refractivity contribution in [2.45, 2.75) is 12.8 Å². The Balaban J connectivity index is 2.11. The summed E-state index contributed by atoms with van der Waals surface area (Å²) in [6, 6.07) is 9.10. The van der Waals surface area contributed by atoms with Gasteiger partial charge in [0.2, 0.25) is 0 Å². The predicted octanol–water partition coefficient (Wildman–Crippen LogP) is 4.49. The number of carbonyl (C=O) groups is 1. The van der Waals surface area contributed by atoms with Crippen molar-refractivity contribution in [2.75, 3.05) is 20.8 Å². The first kappa shape index (κ1) is 20.5. The third kappa shape index (κ3) is 4.63. The van der Waals surface area contributed by atoms with Crippen molar-refractivity contribution in [2.24, 2.45) is 0 Å². The Kier molecular flexibility index (Phi) is 6.61. The molecule has 0 spiro atoms. The van der Waals surface area contributed by atoms with Gasteiger partial charge in [0.05, 0.1) is 24.2 Å². The summed E-state index contributed by atoms with van der Waals surface area (Å²) in [6.45, 7) is 0.585. The van der Waals surface area contributed by atoms with Gasteiger partial charge < -0.3 is 9.47 Å². The first-order chi connectivity index (χ1) is 14.1. The smallest absolute Gasteiger partial charge is 0.190 e. The van der Waals surface area contributed by atoms with Crippen molar-refractivity contribution in [1.82, 2.24) is 9.97 Å². The van der Waals surface area contributed by atoms with Crippen LogP contribution in [0, 0.1) is 11.6 Å². The minimum Gasteiger partial charge on any atom is -0.491 e. The summed E-state index contributed by atoms with van der Waals surface area (Å²) in [5.41, 5.74) is 2.98. The Labute approximate surface area is 167 Å². The van der Waals surface area contributed by atoms with Gasteiger partial charge in [0, 0.05) is 36.6 Å². The molecule has 7 heteroatoms. The first-order valence-electron chi connectivity index (χ1n) is 9.01. The molecule has 0 N–H and O–H groups in total. The van der Waals surface area contributed by atoms with Crippen molar-refractivity contribution in [3.63, 3.8) is 0 Å². The molecule has 0 aliphatic rings. The third-order valence-corrected chi connectivity index (χ3v) is 4.40. The number of methoxy groups -OCH3 is 2. The Morgan fingerprint density at radius 3 is 2.28 bits per heavy atom. The zero-order valence-electron chi connectivity index (χ0n) is 16.1. The van der Waals surface area contributed by atoms with E-state index >= 15 is 0 Å². The maximum absolute atomic E-state index is 14.2. The van der Waals surface area contributed by atoms with E-state index in [4.69, 9.17) is 9.47 Å². The molecule has 2 aromatic carbocycles. The number of rotatable bonds is 8. The summed E-state index contributed by atoms with van der Waals surface area (Å²) in [7, 11) is 2.83. The second-order valence-electron chi connectivity index (χ2n) is 6.37. The molecule has 0 unspecified atom stereocenters. The quantitative estimate of drug-likeness (QED) is 0.413. The van der Waals surface area contributed by atoms with Crippen LogP contribution in [0.15, 0.2) is 42.6 Å². The number of aldehydes is 1. The average molecular weight is 398 g/mol. The highest BCUT2D eigenvalue weighted by Crippen LogP contribution is 2.33. The molecule has 0 bridgehead atoms. The van der Waals surface area contributed by atoms with Crippen molar-refractivity contribution in [3.05, 3.63) is 65.5 Å². The molecule has 5 nitrogen and oxygen atoms in total. The van der Waals surface area contributed by atoms with Crippen LogP contribution in [0.4, 0.5) is 8.78 Å². The number of hydrogen-bond acceptors (Lipinski definition) is 5. The zero-order chi connectivity index (χ0) is 20.8. The molecule has 1 heterocycles. The van der Waals surface area contributed by atoms with Gasteiger partial charge in [-0.05, 0) is 25.0 Å². The number of carbonyl (C=O) groups excluding carboxylic acids is 1. The van der Waals surface area contributed by atoms with Crippen LogP contribution in [0.2, 0.25) is 0 Å². The van der Waals surface area contributed by atoms with Crippen LogP contribution in [-0.2, 0) is 11.2 Å². The van der Waals surface area contributed by atoms with Crippen LogP contribution in [0.5, 0.6) is 5.75 Å². The van der Waals surface area contributed by atoms with E-state index in [0.29, 0.717) is 35.5 Å². The highest BCUT2D eigenvalue weighted by Gasteiger charge is 2.18. The van der Waals surface area contributed by atoms with Crippen LogP contribution >= 0.6 is 0 Å². The van der Waals surface area contributed by atoms with Crippen molar-refractivity contribution in [3.8, 4) is 28.3 Å². The molecule has 0 saturated carbocycles. The Morgan fingerprint density at radius 2 is 1.69 bits per heavy atom. The number of benzene rings is 2. The SMILES string of the molecule is COCCCc1cnc(-c2cc(F)c(OC)c(F)c2)c(-c2ccc(C=O)cc2)n1. The first-order valence-corrected chi connectivity index (χ1v) is 9.01. The van der Waals surface area contributed by atoms with Gasteiger partial charge in [-0.25, -0.2) is 13.8 Å². The van der Waals surface area contributed by atoms with Crippen molar-refractivity contribution in [1.29, 1.82) is 0 Å². The third-order valence-electron chi connectivity index (χ3n) is 4.40. The van der Waals surface area contributed by atoms with Gasteiger partial charge in [-0.3, -0.25) is 9.78 Å². The molecule has 150 valence electrons. The van der Waals surface area contributed by atoms with Gasteiger partial charge in [0.25, 0.3) is 0 Å². The molecular formula is C22H20F2N2O3. The number of aromatic nitrogens is 2.